The first kappa shape index (κ1) is 11.7. The van der Waals surface area contributed by atoms with Crippen molar-refractivity contribution in [3.63, 3.8) is 0 Å². The third kappa shape index (κ3) is 2.48. The van der Waals surface area contributed by atoms with Crippen molar-refractivity contribution in [1.29, 1.82) is 0 Å². The fourth-order valence-electron chi connectivity index (χ4n) is 2.46. The molecular weight excluding hydrogens is 204 g/mol. The number of nitrogens with two attached hydrogens (primary N) is 1. The number of likely N-dealkylation sites (tertiary alicyclic amines) is 1. The minimum Gasteiger partial charge on any atom is -0.444 e. The van der Waals surface area contributed by atoms with Gasteiger partial charge in [0.05, 0.1) is 0 Å². The van der Waals surface area contributed by atoms with E-state index in [0.717, 1.165) is 25.8 Å². The Morgan fingerprint density at radius 2 is 2.06 bits per heavy atom. The quantitative estimate of drug-likeness (QED) is 0.741. The summed E-state index contributed by atoms with van der Waals surface area (Å²) in [6.07, 6.45) is 3.04. The molecule has 4 heteroatoms. The van der Waals surface area contributed by atoms with Crippen LogP contribution in [0.4, 0.5) is 4.79 Å². The van der Waals surface area contributed by atoms with Gasteiger partial charge in [0.25, 0.3) is 0 Å². The molecule has 2 N–H and O–H groups in total. The van der Waals surface area contributed by atoms with E-state index in [0.29, 0.717) is 18.0 Å². The van der Waals surface area contributed by atoms with Crippen molar-refractivity contribution >= 4 is 6.09 Å². The largest absolute Gasteiger partial charge is 0.444 e. The van der Waals surface area contributed by atoms with Gasteiger partial charge in [0.15, 0.2) is 0 Å². The first-order valence-electron chi connectivity index (χ1n) is 6.14. The lowest BCUT2D eigenvalue weighted by molar-refractivity contribution is 0.0209. The third-order valence-corrected chi connectivity index (χ3v) is 3.31. The number of ether oxygens (including phenoxy) is 1. The number of hydrogen-bond acceptors (Lipinski definition) is 3. The highest BCUT2D eigenvalue weighted by molar-refractivity contribution is 5.69. The van der Waals surface area contributed by atoms with Crippen molar-refractivity contribution in [1.82, 2.24) is 4.90 Å². The molecule has 2 fully saturated rings. The zero-order valence-corrected chi connectivity index (χ0v) is 10.4. The summed E-state index contributed by atoms with van der Waals surface area (Å²) in [6, 6.07) is 0.623. The maximum atomic E-state index is 12.0. The van der Waals surface area contributed by atoms with Crippen molar-refractivity contribution in [2.24, 2.45) is 11.7 Å². The number of amides is 1. The first-order valence-corrected chi connectivity index (χ1v) is 6.14. The second-order valence-electron chi connectivity index (χ2n) is 5.95. The Bertz CT molecular complexity index is 285. The van der Waals surface area contributed by atoms with E-state index >= 15 is 0 Å². The number of rotatable bonds is 1. The second-order valence-corrected chi connectivity index (χ2v) is 5.95. The van der Waals surface area contributed by atoms with Gasteiger partial charge in [-0.1, -0.05) is 0 Å². The van der Waals surface area contributed by atoms with E-state index in [1.165, 1.54) is 0 Å². The van der Waals surface area contributed by atoms with Crippen molar-refractivity contribution in [3.05, 3.63) is 0 Å². The molecule has 0 bridgehead atoms. The molecule has 16 heavy (non-hydrogen) atoms. The highest BCUT2D eigenvalue weighted by Crippen LogP contribution is 2.39. The molecular formula is C12H22N2O2. The lowest BCUT2D eigenvalue weighted by Crippen LogP contribution is -2.41. The van der Waals surface area contributed by atoms with Crippen LogP contribution in [0.2, 0.25) is 0 Å². The molecule has 0 aromatic heterocycles. The van der Waals surface area contributed by atoms with Gasteiger partial charge in [-0.2, -0.15) is 0 Å². The molecule has 0 radical (unpaired) electrons. The Kier molecular flexibility index (Phi) is 2.86. The molecule has 92 valence electrons. The summed E-state index contributed by atoms with van der Waals surface area (Å²) < 4.78 is 5.41. The number of carbonyl (C=O) groups excluding carboxylic acids is 1. The Balaban J connectivity index is 1.95. The van der Waals surface area contributed by atoms with E-state index in [9.17, 15) is 4.79 Å². The van der Waals surface area contributed by atoms with Crippen LogP contribution in [-0.2, 0) is 4.74 Å². The van der Waals surface area contributed by atoms with Crippen LogP contribution in [0.3, 0.4) is 0 Å². The van der Waals surface area contributed by atoms with E-state index < -0.39 is 5.60 Å². The molecule has 0 aromatic rings. The van der Waals surface area contributed by atoms with Gasteiger partial charge in [0.2, 0.25) is 0 Å². The van der Waals surface area contributed by atoms with E-state index in [1.54, 1.807) is 0 Å². The van der Waals surface area contributed by atoms with Gasteiger partial charge in [-0.05, 0) is 46.0 Å². The summed E-state index contributed by atoms with van der Waals surface area (Å²) in [7, 11) is 0. The monoisotopic (exact) mass is 226 g/mol. The van der Waals surface area contributed by atoms with Gasteiger partial charge in [-0.3, -0.25) is 0 Å². The molecule has 1 saturated heterocycles. The lowest BCUT2D eigenvalue weighted by atomic mass is 10.1. The van der Waals surface area contributed by atoms with E-state index in [1.807, 2.05) is 25.7 Å². The number of hydrogen-bond donors (Lipinski definition) is 1. The van der Waals surface area contributed by atoms with Gasteiger partial charge in [0, 0.05) is 18.6 Å². The molecule has 0 spiro atoms. The Labute approximate surface area is 97.1 Å². The van der Waals surface area contributed by atoms with Gasteiger partial charge < -0.3 is 15.4 Å². The SMILES string of the molecule is CC(C)(C)OC(=O)N1CCCC1[C@@H]1C[C@H]1N. The molecule has 1 unspecified atom stereocenters. The highest BCUT2D eigenvalue weighted by Gasteiger charge is 2.46. The van der Waals surface area contributed by atoms with Crippen molar-refractivity contribution < 1.29 is 9.53 Å². The maximum Gasteiger partial charge on any atom is 0.410 e. The number of nitrogens with zero attached hydrogens (tertiary/aromatic N) is 1. The zero-order valence-electron chi connectivity index (χ0n) is 10.4. The van der Waals surface area contributed by atoms with Crippen molar-refractivity contribution in [2.45, 2.75) is 57.7 Å². The summed E-state index contributed by atoms with van der Waals surface area (Å²) in [6.45, 7) is 6.53. The predicted octanol–water partition coefficient (Wildman–Crippen LogP) is 1.73. The predicted molar refractivity (Wildman–Crippen MR) is 62.0 cm³/mol. The average molecular weight is 226 g/mol. The fraction of sp³-hybridized carbons (Fsp3) is 0.917. The molecule has 2 rings (SSSR count). The van der Waals surface area contributed by atoms with Crippen molar-refractivity contribution in [2.75, 3.05) is 6.54 Å². The summed E-state index contributed by atoms with van der Waals surface area (Å²) in [5, 5.41) is 0. The van der Waals surface area contributed by atoms with Crippen LogP contribution < -0.4 is 5.73 Å². The van der Waals surface area contributed by atoms with Crippen LogP contribution in [0.25, 0.3) is 0 Å². The van der Waals surface area contributed by atoms with Crippen LogP contribution in [-0.4, -0.2) is 35.2 Å². The molecule has 1 amide bonds. The summed E-state index contributed by atoms with van der Waals surface area (Å²) >= 11 is 0. The van der Waals surface area contributed by atoms with Gasteiger partial charge in [0.1, 0.15) is 5.60 Å². The molecule has 1 aliphatic heterocycles. The van der Waals surface area contributed by atoms with E-state index in [2.05, 4.69) is 0 Å². The fourth-order valence-corrected chi connectivity index (χ4v) is 2.46. The molecule has 0 aromatic carbocycles. The average Bonchev–Trinajstić information content (AvgIpc) is 2.68. The summed E-state index contributed by atoms with van der Waals surface area (Å²) in [5.74, 6) is 0.509. The minimum absolute atomic E-state index is 0.172. The van der Waals surface area contributed by atoms with Gasteiger partial charge in [-0.25, -0.2) is 4.79 Å². The van der Waals surface area contributed by atoms with Crippen LogP contribution in [0.5, 0.6) is 0 Å². The van der Waals surface area contributed by atoms with Crippen LogP contribution >= 0.6 is 0 Å². The zero-order chi connectivity index (χ0) is 11.9. The molecule has 1 saturated carbocycles. The first-order chi connectivity index (χ1) is 7.38. The topological polar surface area (TPSA) is 55.6 Å². The maximum absolute atomic E-state index is 12.0. The molecule has 1 heterocycles. The smallest absolute Gasteiger partial charge is 0.410 e. The molecule has 4 nitrogen and oxygen atoms in total. The van der Waals surface area contributed by atoms with Crippen LogP contribution in [0, 0.1) is 5.92 Å². The third-order valence-electron chi connectivity index (χ3n) is 3.31. The summed E-state index contributed by atoms with van der Waals surface area (Å²) in [5.41, 5.74) is 5.45. The van der Waals surface area contributed by atoms with Crippen LogP contribution in [0.1, 0.15) is 40.0 Å². The van der Waals surface area contributed by atoms with Gasteiger partial charge in [-0.15, -0.1) is 0 Å². The molecule has 3 atom stereocenters. The second kappa shape index (κ2) is 3.91. The summed E-state index contributed by atoms with van der Waals surface area (Å²) in [4.78, 5) is 13.9. The molecule has 2 aliphatic rings. The lowest BCUT2D eigenvalue weighted by Gasteiger charge is -2.28. The Morgan fingerprint density at radius 1 is 1.44 bits per heavy atom. The Hall–Kier alpha value is -0.770. The standard InChI is InChI=1S/C12H22N2O2/c1-12(2,3)16-11(15)14-6-4-5-10(14)8-7-9(8)13/h8-10H,4-7,13H2,1-3H3/t8-,9-,10?/m1/s1. The van der Waals surface area contributed by atoms with Crippen LogP contribution in [0.15, 0.2) is 0 Å². The van der Waals surface area contributed by atoms with E-state index in [-0.39, 0.29) is 6.09 Å². The van der Waals surface area contributed by atoms with E-state index in [4.69, 9.17) is 10.5 Å². The molecule has 1 aliphatic carbocycles. The number of carbonyl (C=O) groups is 1. The highest BCUT2D eigenvalue weighted by atomic mass is 16.6. The Morgan fingerprint density at radius 3 is 2.56 bits per heavy atom. The minimum atomic E-state index is -0.407. The normalized spacial score (nSPS) is 34.0. The van der Waals surface area contributed by atoms with Crippen molar-refractivity contribution in [3.8, 4) is 0 Å². The van der Waals surface area contributed by atoms with Gasteiger partial charge >= 0.3 is 6.09 Å².